The van der Waals surface area contributed by atoms with E-state index in [1.165, 1.54) is 12.3 Å². The predicted molar refractivity (Wildman–Crippen MR) is 76.2 cm³/mol. The molecule has 7 heteroatoms. The van der Waals surface area contributed by atoms with Crippen LogP contribution in [0, 0.1) is 5.92 Å². The van der Waals surface area contributed by atoms with Gasteiger partial charge in [0.05, 0.1) is 0 Å². The van der Waals surface area contributed by atoms with Crippen molar-refractivity contribution in [2.75, 3.05) is 18.4 Å². The van der Waals surface area contributed by atoms with Crippen LogP contribution in [0.1, 0.15) is 26.2 Å². The van der Waals surface area contributed by atoms with Crippen molar-refractivity contribution < 1.29 is 8.42 Å². The second-order valence-corrected chi connectivity index (χ2v) is 6.10. The molecular weight excluding hydrogens is 264 g/mol. The molecular formula is C12H22N4O2S. The van der Waals surface area contributed by atoms with Gasteiger partial charge in [-0.1, -0.05) is 13.3 Å². The fourth-order valence-corrected chi connectivity index (χ4v) is 2.35. The fraction of sp³-hybridized carbons (Fsp3) is 0.583. The van der Waals surface area contributed by atoms with E-state index in [1.54, 1.807) is 6.07 Å². The molecule has 0 fully saturated rings. The summed E-state index contributed by atoms with van der Waals surface area (Å²) in [5, 5.41) is 8.20. The zero-order valence-corrected chi connectivity index (χ0v) is 12.0. The maximum absolute atomic E-state index is 11.1. The molecule has 0 radical (unpaired) electrons. The molecule has 108 valence electrons. The highest BCUT2D eigenvalue weighted by atomic mass is 32.2. The minimum atomic E-state index is -3.67. The molecule has 1 aromatic rings. The number of sulfonamides is 1. The van der Waals surface area contributed by atoms with Gasteiger partial charge in [-0.3, -0.25) is 0 Å². The number of aromatic nitrogens is 1. The van der Waals surface area contributed by atoms with Crippen LogP contribution in [-0.2, 0) is 10.0 Å². The van der Waals surface area contributed by atoms with Crippen LogP contribution in [0.5, 0.6) is 0 Å². The van der Waals surface area contributed by atoms with E-state index < -0.39 is 10.0 Å². The largest absolute Gasteiger partial charge is 0.370 e. The number of nitrogens with two attached hydrogens (primary N) is 2. The smallest absolute Gasteiger partial charge is 0.239 e. The van der Waals surface area contributed by atoms with E-state index in [9.17, 15) is 8.42 Å². The van der Waals surface area contributed by atoms with Crippen LogP contribution in [0.2, 0.25) is 0 Å². The molecule has 5 N–H and O–H groups in total. The van der Waals surface area contributed by atoms with Gasteiger partial charge in [0.2, 0.25) is 10.0 Å². The summed E-state index contributed by atoms with van der Waals surface area (Å²) in [7, 11) is -3.67. The van der Waals surface area contributed by atoms with Crippen molar-refractivity contribution in [3.63, 3.8) is 0 Å². The van der Waals surface area contributed by atoms with E-state index in [0.29, 0.717) is 18.3 Å². The van der Waals surface area contributed by atoms with Gasteiger partial charge in [0, 0.05) is 12.7 Å². The number of nitrogens with one attached hydrogen (secondary N) is 1. The zero-order chi connectivity index (χ0) is 14.3. The summed E-state index contributed by atoms with van der Waals surface area (Å²) in [6.07, 6.45) is 4.45. The quantitative estimate of drug-likeness (QED) is 0.657. The third-order valence-corrected chi connectivity index (χ3v) is 3.81. The summed E-state index contributed by atoms with van der Waals surface area (Å²) < 4.78 is 22.2. The molecule has 0 aliphatic rings. The summed E-state index contributed by atoms with van der Waals surface area (Å²) in [5.74, 6) is 1.15. The minimum Gasteiger partial charge on any atom is -0.370 e. The van der Waals surface area contributed by atoms with E-state index >= 15 is 0 Å². The summed E-state index contributed by atoms with van der Waals surface area (Å²) >= 11 is 0. The van der Waals surface area contributed by atoms with Gasteiger partial charge in [0.15, 0.2) is 0 Å². The van der Waals surface area contributed by atoms with Gasteiger partial charge in [-0.2, -0.15) is 0 Å². The molecule has 1 atom stereocenters. The monoisotopic (exact) mass is 286 g/mol. The molecule has 6 nitrogen and oxygen atoms in total. The van der Waals surface area contributed by atoms with Crippen LogP contribution >= 0.6 is 0 Å². The molecule has 1 heterocycles. The van der Waals surface area contributed by atoms with E-state index in [2.05, 4.69) is 17.2 Å². The standard InChI is InChI=1S/C12H22N4O2S/c1-2-3-10(6-7-13)8-15-12-5-4-11(9-16-12)19(14,17)18/h4-5,9-10H,2-3,6-8,13H2,1H3,(H,15,16)(H2,14,17,18). The second kappa shape index (κ2) is 7.42. The van der Waals surface area contributed by atoms with Gasteiger partial charge < -0.3 is 11.1 Å². The van der Waals surface area contributed by atoms with E-state index in [1.807, 2.05) is 0 Å². The van der Waals surface area contributed by atoms with Crippen molar-refractivity contribution in [2.24, 2.45) is 16.8 Å². The molecule has 0 amide bonds. The Hall–Kier alpha value is -1.18. The summed E-state index contributed by atoms with van der Waals surface area (Å²) in [6.45, 7) is 3.60. The molecule has 0 saturated carbocycles. The van der Waals surface area contributed by atoms with Crippen molar-refractivity contribution in [1.82, 2.24) is 4.98 Å². The van der Waals surface area contributed by atoms with Crippen LogP contribution < -0.4 is 16.2 Å². The molecule has 0 bridgehead atoms. The van der Waals surface area contributed by atoms with Crippen LogP contribution in [0.4, 0.5) is 5.82 Å². The summed E-state index contributed by atoms with van der Waals surface area (Å²) in [5.41, 5.74) is 5.57. The zero-order valence-electron chi connectivity index (χ0n) is 11.2. The molecule has 19 heavy (non-hydrogen) atoms. The van der Waals surface area contributed by atoms with E-state index in [0.717, 1.165) is 25.8 Å². The van der Waals surface area contributed by atoms with Crippen molar-refractivity contribution in [3.8, 4) is 0 Å². The van der Waals surface area contributed by atoms with Crippen LogP contribution in [0.15, 0.2) is 23.2 Å². The lowest BCUT2D eigenvalue weighted by atomic mass is 10.00. The number of rotatable bonds is 8. The van der Waals surface area contributed by atoms with Gasteiger partial charge in [0.1, 0.15) is 10.7 Å². The number of primary sulfonamides is 1. The molecule has 0 saturated heterocycles. The Morgan fingerprint density at radius 1 is 1.37 bits per heavy atom. The van der Waals surface area contributed by atoms with Crippen molar-refractivity contribution in [3.05, 3.63) is 18.3 Å². The first-order valence-corrected chi connectivity index (χ1v) is 7.94. The van der Waals surface area contributed by atoms with Gasteiger partial charge >= 0.3 is 0 Å². The Morgan fingerprint density at radius 2 is 2.11 bits per heavy atom. The normalized spacial score (nSPS) is 13.2. The van der Waals surface area contributed by atoms with Gasteiger partial charge in [-0.05, 0) is 37.4 Å². The first kappa shape index (κ1) is 15.9. The first-order chi connectivity index (χ1) is 8.97. The Labute approximate surface area is 114 Å². The highest BCUT2D eigenvalue weighted by Crippen LogP contribution is 2.13. The van der Waals surface area contributed by atoms with E-state index in [-0.39, 0.29) is 4.90 Å². The Morgan fingerprint density at radius 3 is 2.58 bits per heavy atom. The molecule has 1 unspecified atom stereocenters. The van der Waals surface area contributed by atoms with Gasteiger partial charge in [-0.15, -0.1) is 0 Å². The lowest BCUT2D eigenvalue weighted by Crippen LogP contribution is -2.18. The summed E-state index contributed by atoms with van der Waals surface area (Å²) in [4.78, 5) is 4.05. The third-order valence-electron chi connectivity index (χ3n) is 2.91. The number of pyridine rings is 1. The van der Waals surface area contributed by atoms with Crippen molar-refractivity contribution in [1.29, 1.82) is 0 Å². The molecule has 0 aliphatic heterocycles. The van der Waals surface area contributed by atoms with Crippen LogP contribution in [0.3, 0.4) is 0 Å². The lowest BCUT2D eigenvalue weighted by Gasteiger charge is -2.16. The van der Waals surface area contributed by atoms with Crippen LogP contribution in [-0.4, -0.2) is 26.5 Å². The molecule has 1 rings (SSSR count). The highest BCUT2D eigenvalue weighted by molar-refractivity contribution is 7.89. The molecule has 0 spiro atoms. The maximum Gasteiger partial charge on any atom is 0.239 e. The number of anilines is 1. The molecule has 0 aliphatic carbocycles. The van der Waals surface area contributed by atoms with Crippen molar-refractivity contribution in [2.45, 2.75) is 31.1 Å². The Balaban J connectivity index is 2.58. The lowest BCUT2D eigenvalue weighted by molar-refractivity contribution is 0.473. The van der Waals surface area contributed by atoms with Gasteiger partial charge in [0.25, 0.3) is 0 Å². The molecule has 1 aromatic heterocycles. The van der Waals surface area contributed by atoms with E-state index in [4.69, 9.17) is 10.9 Å². The first-order valence-electron chi connectivity index (χ1n) is 6.40. The number of hydrogen-bond acceptors (Lipinski definition) is 5. The second-order valence-electron chi connectivity index (χ2n) is 4.54. The average molecular weight is 286 g/mol. The number of nitrogens with zero attached hydrogens (tertiary/aromatic N) is 1. The van der Waals surface area contributed by atoms with Gasteiger partial charge in [-0.25, -0.2) is 18.5 Å². The topological polar surface area (TPSA) is 111 Å². The maximum atomic E-state index is 11.1. The SMILES string of the molecule is CCCC(CCN)CNc1ccc(S(N)(=O)=O)cn1. The van der Waals surface area contributed by atoms with Crippen molar-refractivity contribution >= 4 is 15.8 Å². The predicted octanol–water partition coefficient (Wildman–Crippen LogP) is 0.906. The Kier molecular flexibility index (Phi) is 6.20. The number of hydrogen-bond donors (Lipinski definition) is 3. The minimum absolute atomic E-state index is 0.0186. The third kappa shape index (κ3) is 5.54. The van der Waals surface area contributed by atoms with Crippen LogP contribution in [0.25, 0.3) is 0 Å². The summed E-state index contributed by atoms with van der Waals surface area (Å²) in [6, 6.07) is 3.06. The molecule has 0 aromatic carbocycles. The average Bonchev–Trinajstić information content (AvgIpc) is 2.36. The fourth-order valence-electron chi connectivity index (χ4n) is 1.89. The Bertz CT molecular complexity index is 467. The highest BCUT2D eigenvalue weighted by Gasteiger charge is 2.09.